The van der Waals surface area contributed by atoms with Gasteiger partial charge in [-0.25, -0.2) is 4.99 Å². The number of hydrogen-bond donors (Lipinski definition) is 2. The molecule has 0 saturated heterocycles. The van der Waals surface area contributed by atoms with Gasteiger partial charge in [-0.1, -0.05) is 18.2 Å². The quantitative estimate of drug-likeness (QED) is 0.269. The number of nitrogens with one attached hydrogen (secondary N) is 2. The number of benzene rings is 1. The Morgan fingerprint density at radius 3 is 2.64 bits per heavy atom. The maximum Gasteiger partial charge on any atom is 0.387 e. The molecule has 0 bridgehead atoms. The molecule has 1 aromatic heterocycles. The Morgan fingerprint density at radius 1 is 1.18 bits per heavy atom. The van der Waals surface area contributed by atoms with Gasteiger partial charge in [0.15, 0.2) is 17.5 Å². The standard InChI is InChI=1S/C19H25F2N3O2S.HI/c1-3-22-19(23-11-10-15-8-6-12-27-15)24-13-14-7-5-9-16(25-4-2)17(14)26-18(20)21;/h5-9,12,18H,3-4,10-11,13H2,1-2H3,(H2,22,23,24);1H. The Morgan fingerprint density at radius 2 is 2.00 bits per heavy atom. The molecule has 0 aliphatic heterocycles. The minimum atomic E-state index is -2.92. The Bertz CT molecular complexity index is 715. The maximum absolute atomic E-state index is 12.8. The van der Waals surface area contributed by atoms with Gasteiger partial charge in [-0.2, -0.15) is 8.78 Å². The van der Waals surface area contributed by atoms with E-state index >= 15 is 0 Å². The van der Waals surface area contributed by atoms with E-state index in [9.17, 15) is 8.78 Å². The number of nitrogens with zero attached hydrogens (tertiary/aromatic N) is 1. The number of rotatable bonds is 10. The first-order valence-corrected chi connectivity index (χ1v) is 9.76. The van der Waals surface area contributed by atoms with Crippen LogP contribution in [-0.2, 0) is 13.0 Å². The molecule has 0 aliphatic carbocycles. The average molecular weight is 525 g/mol. The van der Waals surface area contributed by atoms with Crippen LogP contribution in [0.15, 0.2) is 40.7 Å². The van der Waals surface area contributed by atoms with Crippen LogP contribution in [0.1, 0.15) is 24.3 Å². The van der Waals surface area contributed by atoms with Crippen molar-refractivity contribution in [2.24, 2.45) is 4.99 Å². The molecule has 0 radical (unpaired) electrons. The number of para-hydroxylation sites is 1. The third-order valence-electron chi connectivity index (χ3n) is 3.56. The predicted octanol–water partition coefficient (Wildman–Crippen LogP) is 4.66. The zero-order chi connectivity index (χ0) is 19.5. The van der Waals surface area contributed by atoms with E-state index in [1.54, 1.807) is 36.5 Å². The monoisotopic (exact) mass is 525 g/mol. The normalized spacial score (nSPS) is 11.1. The zero-order valence-electron chi connectivity index (χ0n) is 15.9. The van der Waals surface area contributed by atoms with Gasteiger partial charge < -0.3 is 20.1 Å². The van der Waals surface area contributed by atoms with Gasteiger partial charge in [0, 0.05) is 23.5 Å². The first-order valence-electron chi connectivity index (χ1n) is 8.88. The van der Waals surface area contributed by atoms with E-state index < -0.39 is 6.61 Å². The molecule has 0 amide bonds. The molecule has 0 saturated carbocycles. The molecule has 0 spiro atoms. The van der Waals surface area contributed by atoms with Crippen LogP contribution in [0.5, 0.6) is 11.5 Å². The highest BCUT2D eigenvalue weighted by atomic mass is 127. The molecule has 5 nitrogen and oxygen atoms in total. The molecule has 2 rings (SSSR count). The van der Waals surface area contributed by atoms with Gasteiger partial charge in [0.05, 0.1) is 13.2 Å². The molecule has 0 fully saturated rings. The summed E-state index contributed by atoms with van der Waals surface area (Å²) in [7, 11) is 0. The van der Waals surface area contributed by atoms with Crippen LogP contribution in [0.2, 0.25) is 0 Å². The lowest BCUT2D eigenvalue weighted by Gasteiger charge is -2.15. The first kappa shape index (κ1) is 24.4. The van der Waals surface area contributed by atoms with Crippen LogP contribution >= 0.6 is 35.3 Å². The molecule has 1 aromatic carbocycles. The molecule has 2 aromatic rings. The van der Waals surface area contributed by atoms with Gasteiger partial charge in [-0.3, -0.25) is 0 Å². The summed E-state index contributed by atoms with van der Waals surface area (Å²) < 4.78 is 35.7. The number of aliphatic imine (C=N–C) groups is 1. The second-order valence-electron chi connectivity index (χ2n) is 5.51. The van der Waals surface area contributed by atoms with E-state index in [4.69, 9.17) is 4.74 Å². The van der Waals surface area contributed by atoms with Crippen molar-refractivity contribution in [3.05, 3.63) is 46.2 Å². The van der Waals surface area contributed by atoms with Gasteiger partial charge >= 0.3 is 6.61 Å². The van der Waals surface area contributed by atoms with Crippen molar-refractivity contribution in [2.45, 2.75) is 33.4 Å². The molecular formula is C19H26F2IN3O2S. The van der Waals surface area contributed by atoms with E-state index in [-0.39, 0.29) is 36.3 Å². The van der Waals surface area contributed by atoms with E-state index in [0.717, 1.165) is 13.0 Å². The van der Waals surface area contributed by atoms with Crippen LogP contribution in [0.25, 0.3) is 0 Å². The molecule has 28 heavy (non-hydrogen) atoms. The van der Waals surface area contributed by atoms with Crippen molar-refractivity contribution >= 4 is 41.3 Å². The summed E-state index contributed by atoms with van der Waals surface area (Å²) in [6, 6.07) is 9.17. The van der Waals surface area contributed by atoms with E-state index in [1.807, 2.05) is 18.4 Å². The minimum absolute atomic E-state index is 0. The number of alkyl halides is 2. The summed E-state index contributed by atoms with van der Waals surface area (Å²) in [6.45, 7) is 2.81. The van der Waals surface area contributed by atoms with Crippen molar-refractivity contribution in [1.82, 2.24) is 10.6 Å². The van der Waals surface area contributed by atoms with Crippen molar-refractivity contribution < 1.29 is 18.3 Å². The highest BCUT2D eigenvalue weighted by Crippen LogP contribution is 2.33. The molecule has 156 valence electrons. The highest BCUT2D eigenvalue weighted by Gasteiger charge is 2.15. The van der Waals surface area contributed by atoms with Crippen molar-refractivity contribution in [3.8, 4) is 11.5 Å². The third-order valence-corrected chi connectivity index (χ3v) is 4.50. The van der Waals surface area contributed by atoms with Gasteiger partial charge in [-0.15, -0.1) is 35.3 Å². The fraction of sp³-hybridized carbons (Fsp3) is 0.421. The predicted molar refractivity (Wildman–Crippen MR) is 120 cm³/mol. The molecular weight excluding hydrogens is 499 g/mol. The maximum atomic E-state index is 12.8. The summed E-state index contributed by atoms with van der Waals surface area (Å²) in [5, 5.41) is 8.46. The smallest absolute Gasteiger partial charge is 0.387 e. The van der Waals surface area contributed by atoms with E-state index in [0.29, 0.717) is 30.4 Å². The lowest BCUT2D eigenvalue weighted by atomic mass is 10.2. The highest BCUT2D eigenvalue weighted by molar-refractivity contribution is 14.0. The van der Waals surface area contributed by atoms with Crippen LogP contribution in [0, 0.1) is 0 Å². The molecule has 0 aliphatic rings. The lowest BCUT2D eigenvalue weighted by molar-refractivity contribution is -0.0520. The second kappa shape index (κ2) is 13.5. The second-order valence-corrected chi connectivity index (χ2v) is 6.54. The zero-order valence-corrected chi connectivity index (χ0v) is 19.1. The largest absolute Gasteiger partial charge is 0.490 e. The number of guanidine groups is 1. The van der Waals surface area contributed by atoms with E-state index in [1.165, 1.54) is 4.88 Å². The number of halogens is 3. The topological polar surface area (TPSA) is 54.9 Å². The third kappa shape index (κ3) is 8.17. The Hall–Kier alpha value is -1.62. The fourth-order valence-electron chi connectivity index (χ4n) is 2.44. The van der Waals surface area contributed by atoms with Gasteiger partial charge in [-0.05, 0) is 37.8 Å². The van der Waals surface area contributed by atoms with Gasteiger partial charge in [0.25, 0.3) is 0 Å². The average Bonchev–Trinajstić information content (AvgIpc) is 3.15. The van der Waals surface area contributed by atoms with Crippen LogP contribution in [0.4, 0.5) is 8.78 Å². The van der Waals surface area contributed by atoms with Crippen molar-refractivity contribution in [1.29, 1.82) is 0 Å². The lowest BCUT2D eigenvalue weighted by Crippen LogP contribution is -2.38. The Labute approximate surface area is 185 Å². The summed E-state index contributed by atoms with van der Waals surface area (Å²) in [5.74, 6) is 0.951. The molecule has 0 unspecified atom stereocenters. The van der Waals surface area contributed by atoms with Crippen molar-refractivity contribution in [2.75, 3.05) is 19.7 Å². The molecule has 1 heterocycles. The number of thiophene rings is 1. The van der Waals surface area contributed by atoms with Crippen LogP contribution in [0.3, 0.4) is 0 Å². The molecule has 0 atom stereocenters. The van der Waals surface area contributed by atoms with Crippen molar-refractivity contribution in [3.63, 3.8) is 0 Å². The summed E-state index contributed by atoms with van der Waals surface area (Å²) >= 11 is 1.71. The summed E-state index contributed by atoms with van der Waals surface area (Å²) in [5.41, 5.74) is 0.539. The number of hydrogen-bond acceptors (Lipinski definition) is 4. The van der Waals surface area contributed by atoms with Gasteiger partial charge in [0.1, 0.15) is 0 Å². The summed E-state index contributed by atoms with van der Waals surface area (Å²) in [4.78, 5) is 5.78. The van der Waals surface area contributed by atoms with Crippen LogP contribution < -0.4 is 20.1 Å². The summed E-state index contributed by atoms with van der Waals surface area (Å²) in [6.07, 6.45) is 0.891. The van der Waals surface area contributed by atoms with E-state index in [2.05, 4.69) is 26.4 Å². The van der Waals surface area contributed by atoms with Crippen LogP contribution in [-0.4, -0.2) is 32.3 Å². The number of ether oxygens (including phenoxy) is 2. The fourth-order valence-corrected chi connectivity index (χ4v) is 3.15. The minimum Gasteiger partial charge on any atom is -0.490 e. The molecule has 2 N–H and O–H groups in total. The Kier molecular flexibility index (Phi) is 11.8. The molecule has 9 heteroatoms. The Balaban J connectivity index is 0.00000392. The SMILES string of the molecule is CCNC(=NCc1cccc(OCC)c1OC(F)F)NCCc1cccs1.I. The first-order chi connectivity index (χ1) is 13.1. The van der Waals surface area contributed by atoms with Gasteiger partial charge in [0.2, 0.25) is 0 Å².